The lowest BCUT2D eigenvalue weighted by atomic mass is 9.99. The van der Waals surface area contributed by atoms with E-state index in [4.69, 9.17) is 5.73 Å². The predicted molar refractivity (Wildman–Crippen MR) is 78.6 cm³/mol. The smallest absolute Gasteiger partial charge is 0.140 e. The normalized spacial score (nSPS) is 27.4. The molecule has 0 amide bonds. The van der Waals surface area contributed by atoms with Crippen LogP contribution in [0.4, 0.5) is 5.82 Å². The number of rotatable bonds is 2. The second-order valence-electron chi connectivity index (χ2n) is 5.84. The van der Waals surface area contributed by atoms with Gasteiger partial charge in [-0.25, -0.2) is 9.97 Å². The summed E-state index contributed by atoms with van der Waals surface area (Å²) in [6, 6.07) is 2.50. The lowest BCUT2D eigenvalue weighted by Gasteiger charge is -2.17. The Labute approximate surface area is 116 Å². The third-order valence-corrected chi connectivity index (χ3v) is 5.33. The van der Waals surface area contributed by atoms with Crippen LogP contribution in [0, 0.1) is 18.8 Å². The van der Waals surface area contributed by atoms with Gasteiger partial charge in [0.25, 0.3) is 0 Å². The zero-order valence-corrected chi connectivity index (χ0v) is 11.9. The first-order valence-corrected chi connectivity index (χ1v) is 7.75. The van der Waals surface area contributed by atoms with Crippen molar-refractivity contribution in [2.24, 2.45) is 17.6 Å². The standard InChI is InChI=1S/C14H18N4S/c1-8-4-10-13(16-7-17-14(10)19-8)18-5-11(9-2-3-9)12(15)6-18/h4,7,9,11-12H,2-3,5-6,15H2,1H3/t11-,12+/m0/s1. The van der Waals surface area contributed by atoms with Crippen LogP contribution in [-0.2, 0) is 0 Å². The van der Waals surface area contributed by atoms with Crippen molar-refractivity contribution in [1.29, 1.82) is 0 Å². The van der Waals surface area contributed by atoms with Crippen LogP contribution in [0.3, 0.4) is 0 Å². The Bertz CT molecular complexity index is 619. The molecule has 5 heteroatoms. The fourth-order valence-electron chi connectivity index (χ4n) is 3.27. The number of hydrogen-bond acceptors (Lipinski definition) is 5. The topological polar surface area (TPSA) is 55.0 Å². The van der Waals surface area contributed by atoms with E-state index in [1.165, 1.54) is 23.1 Å². The monoisotopic (exact) mass is 274 g/mol. The Morgan fingerprint density at radius 1 is 1.32 bits per heavy atom. The maximum atomic E-state index is 6.31. The van der Waals surface area contributed by atoms with Crippen molar-refractivity contribution in [3.63, 3.8) is 0 Å². The van der Waals surface area contributed by atoms with Gasteiger partial charge in [0.05, 0.1) is 5.39 Å². The van der Waals surface area contributed by atoms with E-state index < -0.39 is 0 Å². The fraction of sp³-hybridized carbons (Fsp3) is 0.571. The number of anilines is 1. The average Bonchev–Trinajstić information content (AvgIpc) is 3.04. The lowest BCUT2D eigenvalue weighted by Crippen LogP contribution is -2.30. The highest BCUT2D eigenvalue weighted by Gasteiger charge is 2.41. The number of hydrogen-bond donors (Lipinski definition) is 1. The van der Waals surface area contributed by atoms with Gasteiger partial charge in [-0.1, -0.05) is 0 Å². The third-order valence-electron chi connectivity index (χ3n) is 4.37. The Kier molecular flexibility index (Phi) is 2.53. The minimum Gasteiger partial charge on any atom is -0.354 e. The molecule has 4 rings (SSSR count). The van der Waals surface area contributed by atoms with Crippen molar-refractivity contribution in [3.05, 3.63) is 17.3 Å². The van der Waals surface area contributed by atoms with Crippen LogP contribution in [0.15, 0.2) is 12.4 Å². The first-order valence-electron chi connectivity index (χ1n) is 6.94. The summed E-state index contributed by atoms with van der Waals surface area (Å²) in [4.78, 5) is 13.6. The van der Waals surface area contributed by atoms with E-state index in [1.807, 2.05) is 0 Å². The maximum Gasteiger partial charge on any atom is 0.140 e. The molecule has 2 aromatic heterocycles. The Morgan fingerprint density at radius 3 is 2.95 bits per heavy atom. The van der Waals surface area contributed by atoms with Gasteiger partial charge in [-0.05, 0) is 37.7 Å². The highest BCUT2D eigenvalue weighted by molar-refractivity contribution is 7.18. The molecule has 0 unspecified atom stereocenters. The lowest BCUT2D eigenvalue weighted by molar-refractivity contribution is 0.456. The molecule has 0 bridgehead atoms. The number of aromatic nitrogens is 2. The van der Waals surface area contributed by atoms with Crippen LogP contribution in [-0.4, -0.2) is 29.1 Å². The molecule has 1 saturated carbocycles. The summed E-state index contributed by atoms with van der Waals surface area (Å²) in [5.41, 5.74) is 6.31. The second-order valence-corrected chi connectivity index (χ2v) is 7.08. The molecule has 4 nitrogen and oxygen atoms in total. The molecule has 2 aliphatic rings. The van der Waals surface area contributed by atoms with Gasteiger partial charge in [-0.15, -0.1) is 11.3 Å². The molecule has 1 aliphatic carbocycles. The van der Waals surface area contributed by atoms with E-state index in [1.54, 1.807) is 17.7 Å². The van der Waals surface area contributed by atoms with Crippen molar-refractivity contribution in [2.45, 2.75) is 25.8 Å². The average molecular weight is 274 g/mol. The largest absolute Gasteiger partial charge is 0.354 e. The van der Waals surface area contributed by atoms with Crippen molar-refractivity contribution >= 4 is 27.4 Å². The van der Waals surface area contributed by atoms with E-state index >= 15 is 0 Å². The van der Waals surface area contributed by atoms with Crippen molar-refractivity contribution < 1.29 is 0 Å². The van der Waals surface area contributed by atoms with E-state index in [0.717, 1.165) is 29.7 Å². The number of thiophene rings is 1. The maximum absolute atomic E-state index is 6.31. The molecule has 1 aliphatic heterocycles. The van der Waals surface area contributed by atoms with Crippen molar-refractivity contribution in [1.82, 2.24) is 9.97 Å². The molecule has 0 radical (unpaired) electrons. The third kappa shape index (κ3) is 1.92. The summed E-state index contributed by atoms with van der Waals surface area (Å²) in [6.45, 7) is 4.12. The molecule has 0 aromatic carbocycles. The van der Waals surface area contributed by atoms with Crippen molar-refractivity contribution in [3.8, 4) is 0 Å². The molecular weight excluding hydrogens is 256 g/mol. The molecule has 2 aromatic rings. The number of aryl methyl sites for hydroxylation is 1. The Morgan fingerprint density at radius 2 is 2.16 bits per heavy atom. The second kappa shape index (κ2) is 4.15. The summed E-state index contributed by atoms with van der Waals surface area (Å²) in [5.74, 6) is 2.60. The van der Waals surface area contributed by atoms with Gasteiger partial charge in [-0.2, -0.15) is 0 Å². The summed E-state index contributed by atoms with van der Waals surface area (Å²) in [6.07, 6.45) is 4.41. The number of nitrogens with zero attached hydrogens (tertiary/aromatic N) is 3. The van der Waals surface area contributed by atoms with E-state index in [2.05, 4.69) is 27.9 Å². The van der Waals surface area contributed by atoms with Crippen LogP contribution in [0.2, 0.25) is 0 Å². The number of nitrogens with two attached hydrogens (primary N) is 1. The summed E-state index contributed by atoms with van der Waals surface area (Å²) < 4.78 is 0. The molecule has 2 N–H and O–H groups in total. The van der Waals surface area contributed by atoms with Gasteiger partial charge in [0.15, 0.2) is 0 Å². The van der Waals surface area contributed by atoms with Gasteiger partial charge in [-0.3, -0.25) is 0 Å². The first-order chi connectivity index (χ1) is 9.22. The van der Waals surface area contributed by atoms with Crippen molar-refractivity contribution in [2.75, 3.05) is 18.0 Å². The van der Waals surface area contributed by atoms with E-state index in [-0.39, 0.29) is 0 Å². The van der Waals surface area contributed by atoms with Crippen LogP contribution in [0.1, 0.15) is 17.7 Å². The van der Waals surface area contributed by atoms with Gasteiger partial charge >= 0.3 is 0 Å². The van der Waals surface area contributed by atoms with Crippen LogP contribution in [0.25, 0.3) is 10.2 Å². The quantitative estimate of drug-likeness (QED) is 0.912. The van der Waals surface area contributed by atoms with Crippen LogP contribution in [0.5, 0.6) is 0 Å². The SMILES string of the molecule is Cc1cc2c(N3C[C@@H](N)[C@H](C4CC4)C3)ncnc2s1. The zero-order valence-electron chi connectivity index (χ0n) is 11.0. The molecule has 1 saturated heterocycles. The van der Waals surface area contributed by atoms with Crippen LogP contribution >= 0.6 is 11.3 Å². The Hall–Kier alpha value is -1.20. The Balaban J connectivity index is 1.70. The molecule has 100 valence electrons. The molecule has 2 fully saturated rings. The highest BCUT2D eigenvalue weighted by Crippen LogP contribution is 2.42. The van der Waals surface area contributed by atoms with Gasteiger partial charge in [0.1, 0.15) is 17.0 Å². The minimum absolute atomic E-state index is 0.303. The predicted octanol–water partition coefficient (Wildman–Crippen LogP) is 2.17. The molecule has 3 heterocycles. The highest BCUT2D eigenvalue weighted by atomic mass is 32.1. The molecule has 2 atom stereocenters. The summed E-state index contributed by atoms with van der Waals surface area (Å²) >= 11 is 1.74. The molecule has 0 spiro atoms. The van der Waals surface area contributed by atoms with Gasteiger partial charge in [0, 0.05) is 24.0 Å². The molecular formula is C14H18N4S. The molecule has 19 heavy (non-hydrogen) atoms. The zero-order chi connectivity index (χ0) is 13.0. The van der Waals surface area contributed by atoms with Gasteiger partial charge < -0.3 is 10.6 Å². The number of fused-ring (bicyclic) bond motifs is 1. The van der Waals surface area contributed by atoms with E-state index in [9.17, 15) is 0 Å². The summed E-state index contributed by atoms with van der Waals surface area (Å²) in [7, 11) is 0. The fourth-order valence-corrected chi connectivity index (χ4v) is 4.11. The van der Waals surface area contributed by atoms with Gasteiger partial charge in [0.2, 0.25) is 0 Å². The van der Waals surface area contributed by atoms with E-state index in [0.29, 0.717) is 12.0 Å². The minimum atomic E-state index is 0.303. The van der Waals surface area contributed by atoms with Crippen LogP contribution < -0.4 is 10.6 Å². The first kappa shape index (κ1) is 11.6. The summed E-state index contributed by atoms with van der Waals surface area (Å²) in [5, 5.41) is 1.19.